The highest BCUT2D eigenvalue weighted by atomic mass is 79.9. The fraction of sp³-hybridized carbons (Fsp3) is 0.533. The number of phenols is 1. The van der Waals surface area contributed by atoms with Gasteiger partial charge in [0.1, 0.15) is 0 Å². The number of methoxy groups -OCH3 is 1. The van der Waals surface area contributed by atoms with Gasteiger partial charge in [0.25, 0.3) is 0 Å². The number of phenolic OH excluding ortho intramolecular Hbond substituents is 1. The van der Waals surface area contributed by atoms with Gasteiger partial charge in [-0.05, 0) is 36.5 Å². The van der Waals surface area contributed by atoms with E-state index in [1.54, 1.807) is 18.2 Å². The minimum Gasteiger partial charge on any atom is -0.504 e. The van der Waals surface area contributed by atoms with Gasteiger partial charge in [0.15, 0.2) is 11.5 Å². The molecule has 2 aliphatic rings. The van der Waals surface area contributed by atoms with Crippen LogP contribution in [0.1, 0.15) is 24.8 Å². The van der Waals surface area contributed by atoms with E-state index in [1.807, 2.05) is 0 Å². The van der Waals surface area contributed by atoms with Gasteiger partial charge in [0, 0.05) is 11.4 Å². The van der Waals surface area contributed by atoms with Gasteiger partial charge in [-0.2, -0.15) is 0 Å². The molecule has 2 saturated carbocycles. The van der Waals surface area contributed by atoms with Crippen molar-refractivity contribution in [1.82, 2.24) is 5.32 Å². The average Bonchev–Trinajstić information content (AvgIpc) is 2.85. The van der Waals surface area contributed by atoms with E-state index in [2.05, 4.69) is 21.2 Å². The first kappa shape index (κ1) is 13.7. The summed E-state index contributed by atoms with van der Waals surface area (Å²) in [5.41, 5.74) is 0.756. The molecule has 1 aromatic carbocycles. The van der Waals surface area contributed by atoms with Crippen LogP contribution in [0.3, 0.4) is 0 Å². The van der Waals surface area contributed by atoms with E-state index in [0.29, 0.717) is 23.0 Å². The Hall–Kier alpha value is -1.23. The third kappa shape index (κ3) is 1.99. The van der Waals surface area contributed by atoms with Gasteiger partial charge < -0.3 is 15.2 Å². The maximum atomic E-state index is 12.4. The molecule has 0 bridgehead atoms. The monoisotopic (exact) mass is 339 g/mol. The third-order valence-corrected chi connectivity index (χ3v) is 6.08. The van der Waals surface area contributed by atoms with Gasteiger partial charge in [-0.25, -0.2) is 0 Å². The maximum Gasteiger partial charge on any atom is 0.227 e. The summed E-state index contributed by atoms with van der Waals surface area (Å²) in [4.78, 5) is 12.7. The van der Waals surface area contributed by atoms with Crippen LogP contribution in [0.2, 0.25) is 0 Å². The molecule has 3 rings (SSSR count). The number of nitrogens with one attached hydrogen (secondary N) is 1. The number of halogens is 1. The summed E-state index contributed by atoms with van der Waals surface area (Å²) in [7, 11) is 1.51. The van der Waals surface area contributed by atoms with Crippen molar-refractivity contribution in [3.05, 3.63) is 23.8 Å². The number of benzene rings is 1. The highest BCUT2D eigenvalue weighted by molar-refractivity contribution is 9.09. The Morgan fingerprint density at radius 3 is 3.05 bits per heavy atom. The zero-order chi connectivity index (χ0) is 14.3. The molecule has 0 unspecified atom stereocenters. The van der Waals surface area contributed by atoms with Crippen LogP contribution in [-0.4, -0.2) is 23.0 Å². The molecule has 2 fully saturated rings. The number of alkyl halides is 1. The summed E-state index contributed by atoms with van der Waals surface area (Å²) in [6, 6.07) is 5.12. The van der Waals surface area contributed by atoms with Crippen molar-refractivity contribution in [2.45, 2.75) is 30.6 Å². The predicted octanol–water partition coefficient (Wildman–Crippen LogP) is 2.58. The number of carbonyl (C=O) groups excluding carboxylic acids is 1. The van der Waals surface area contributed by atoms with Crippen molar-refractivity contribution >= 4 is 21.8 Å². The Morgan fingerprint density at radius 2 is 2.40 bits per heavy atom. The van der Waals surface area contributed by atoms with E-state index in [0.717, 1.165) is 24.8 Å². The highest BCUT2D eigenvalue weighted by Crippen LogP contribution is 2.67. The quantitative estimate of drug-likeness (QED) is 0.829. The zero-order valence-electron chi connectivity index (χ0n) is 11.4. The van der Waals surface area contributed by atoms with Crippen LogP contribution in [0.25, 0.3) is 0 Å². The fourth-order valence-electron chi connectivity index (χ4n) is 3.40. The van der Waals surface area contributed by atoms with Gasteiger partial charge >= 0.3 is 0 Å². The Balaban J connectivity index is 1.64. The predicted molar refractivity (Wildman–Crippen MR) is 79.0 cm³/mol. The Morgan fingerprint density at radius 1 is 1.60 bits per heavy atom. The molecule has 5 heteroatoms. The summed E-state index contributed by atoms with van der Waals surface area (Å²) in [5.74, 6) is 1.20. The summed E-state index contributed by atoms with van der Waals surface area (Å²) in [5, 5.41) is 12.6. The molecule has 108 valence electrons. The van der Waals surface area contributed by atoms with E-state index in [1.165, 1.54) is 7.11 Å². The molecule has 1 aromatic rings. The van der Waals surface area contributed by atoms with E-state index >= 15 is 0 Å². The number of aromatic hydroxyl groups is 1. The molecular formula is C15H18BrNO3. The first-order valence-corrected chi connectivity index (χ1v) is 7.79. The Kier molecular flexibility index (Phi) is 3.40. The van der Waals surface area contributed by atoms with Crippen molar-refractivity contribution in [2.75, 3.05) is 7.11 Å². The third-order valence-electron chi connectivity index (χ3n) is 4.62. The molecule has 0 spiro atoms. The second kappa shape index (κ2) is 4.95. The molecule has 0 aromatic heterocycles. The number of fused-ring (bicyclic) bond motifs is 1. The van der Waals surface area contributed by atoms with E-state index < -0.39 is 0 Å². The molecule has 20 heavy (non-hydrogen) atoms. The average molecular weight is 340 g/mol. The number of carbonyl (C=O) groups is 1. The van der Waals surface area contributed by atoms with Crippen molar-refractivity contribution in [3.8, 4) is 11.5 Å². The molecule has 0 heterocycles. The van der Waals surface area contributed by atoms with Crippen LogP contribution < -0.4 is 10.1 Å². The first-order chi connectivity index (χ1) is 9.59. The van der Waals surface area contributed by atoms with Crippen LogP contribution in [0.4, 0.5) is 0 Å². The van der Waals surface area contributed by atoms with E-state index in [4.69, 9.17) is 4.74 Å². The van der Waals surface area contributed by atoms with Gasteiger partial charge in [-0.1, -0.05) is 28.4 Å². The molecular weight excluding hydrogens is 322 g/mol. The smallest absolute Gasteiger partial charge is 0.227 e. The summed E-state index contributed by atoms with van der Waals surface area (Å²) in [6.07, 6.45) is 3.28. The molecule has 2 N–H and O–H groups in total. The number of hydrogen-bond donors (Lipinski definition) is 2. The lowest BCUT2D eigenvalue weighted by Crippen LogP contribution is -2.32. The summed E-state index contributed by atoms with van der Waals surface area (Å²) >= 11 is 3.63. The van der Waals surface area contributed by atoms with Crippen LogP contribution in [0.5, 0.6) is 11.5 Å². The Labute approximate surface area is 126 Å². The molecule has 4 nitrogen and oxygen atoms in total. The highest BCUT2D eigenvalue weighted by Gasteiger charge is 2.69. The first-order valence-electron chi connectivity index (χ1n) is 6.88. The van der Waals surface area contributed by atoms with Crippen molar-refractivity contribution in [2.24, 2.45) is 11.3 Å². The van der Waals surface area contributed by atoms with Gasteiger partial charge in [-0.3, -0.25) is 4.79 Å². The van der Waals surface area contributed by atoms with Crippen LogP contribution >= 0.6 is 15.9 Å². The SMILES string of the molecule is COc1cc(CNC(=O)[C@]23CCC[C@H]2[C@@H]3Br)ccc1O. The van der Waals surface area contributed by atoms with Crippen molar-refractivity contribution < 1.29 is 14.6 Å². The van der Waals surface area contributed by atoms with Crippen LogP contribution in [0.15, 0.2) is 18.2 Å². The van der Waals surface area contributed by atoms with Gasteiger partial charge in [0.05, 0.1) is 12.5 Å². The molecule has 2 aliphatic carbocycles. The number of amides is 1. The Bertz CT molecular complexity index is 548. The van der Waals surface area contributed by atoms with Gasteiger partial charge in [0.2, 0.25) is 5.91 Å². The standard InChI is InChI=1S/C15H18BrNO3/c1-20-12-7-9(4-5-11(12)18)8-17-14(19)15-6-2-3-10(15)13(15)16/h4-5,7,10,13,18H,2-3,6,8H2,1H3,(H,17,19)/t10-,13-,15+/m0/s1. The van der Waals surface area contributed by atoms with E-state index in [-0.39, 0.29) is 17.1 Å². The van der Waals surface area contributed by atoms with Crippen LogP contribution in [0, 0.1) is 11.3 Å². The van der Waals surface area contributed by atoms with Crippen molar-refractivity contribution in [1.29, 1.82) is 0 Å². The molecule has 0 saturated heterocycles. The molecule has 0 radical (unpaired) electrons. The summed E-state index contributed by atoms with van der Waals surface area (Å²) in [6.45, 7) is 0.462. The molecule has 3 atom stereocenters. The second-order valence-corrected chi connectivity index (χ2v) is 6.62. The normalized spacial score (nSPS) is 30.7. The maximum absolute atomic E-state index is 12.4. The number of hydrogen-bond acceptors (Lipinski definition) is 3. The lowest BCUT2D eigenvalue weighted by atomic mass is 10.0. The minimum absolute atomic E-state index is 0.111. The largest absolute Gasteiger partial charge is 0.504 e. The van der Waals surface area contributed by atoms with Crippen molar-refractivity contribution in [3.63, 3.8) is 0 Å². The van der Waals surface area contributed by atoms with Crippen LogP contribution in [-0.2, 0) is 11.3 Å². The topological polar surface area (TPSA) is 58.6 Å². The number of rotatable bonds is 4. The van der Waals surface area contributed by atoms with Gasteiger partial charge in [-0.15, -0.1) is 0 Å². The summed E-state index contributed by atoms with van der Waals surface area (Å²) < 4.78 is 5.07. The lowest BCUT2D eigenvalue weighted by molar-refractivity contribution is -0.126. The fourth-order valence-corrected chi connectivity index (χ4v) is 4.76. The molecule has 1 amide bonds. The number of ether oxygens (including phenoxy) is 1. The lowest BCUT2D eigenvalue weighted by Gasteiger charge is -2.14. The minimum atomic E-state index is -0.166. The molecule has 0 aliphatic heterocycles. The van der Waals surface area contributed by atoms with E-state index in [9.17, 15) is 9.90 Å². The second-order valence-electron chi connectivity index (χ2n) is 5.63. The zero-order valence-corrected chi connectivity index (χ0v) is 12.9.